The van der Waals surface area contributed by atoms with Gasteiger partial charge in [-0.3, -0.25) is 14.5 Å². The minimum absolute atomic E-state index is 0.0484. The third-order valence-electron chi connectivity index (χ3n) is 5.36. The molecule has 0 bridgehead atoms. The molecule has 0 fully saturated rings. The number of aryl methyl sites for hydroxylation is 1. The van der Waals surface area contributed by atoms with E-state index in [4.69, 9.17) is 4.74 Å². The molecule has 0 aliphatic carbocycles. The van der Waals surface area contributed by atoms with E-state index in [1.807, 2.05) is 48.5 Å². The molecule has 9 nitrogen and oxygen atoms in total. The molecular weight excluding hydrogens is 404 g/mol. The Morgan fingerprint density at radius 1 is 1.13 bits per heavy atom. The van der Waals surface area contributed by atoms with Crippen molar-refractivity contribution in [2.45, 2.75) is 17.5 Å². The van der Waals surface area contributed by atoms with Gasteiger partial charge >= 0.3 is 0 Å². The van der Waals surface area contributed by atoms with Gasteiger partial charge in [0.2, 0.25) is 11.1 Å². The maximum absolute atomic E-state index is 13.6. The molecule has 0 saturated heterocycles. The maximum Gasteiger partial charge on any atom is 0.285 e. The number of benzene rings is 2. The van der Waals surface area contributed by atoms with Crippen LogP contribution >= 0.6 is 11.8 Å². The summed E-state index contributed by atoms with van der Waals surface area (Å²) in [4.78, 5) is 30.1. The summed E-state index contributed by atoms with van der Waals surface area (Å²) < 4.78 is 7.71. The van der Waals surface area contributed by atoms with Crippen molar-refractivity contribution in [3.05, 3.63) is 59.7 Å². The molecule has 2 aliphatic heterocycles. The van der Waals surface area contributed by atoms with Crippen molar-refractivity contribution < 1.29 is 14.3 Å². The Labute approximate surface area is 176 Å². The summed E-state index contributed by atoms with van der Waals surface area (Å²) in [5.41, 5.74) is 1.37. The van der Waals surface area contributed by atoms with Gasteiger partial charge in [-0.05, 0) is 22.6 Å². The number of fused-ring (bicyclic) bond motifs is 3. The molecule has 3 aromatic rings. The molecule has 10 heteroatoms. The second kappa shape index (κ2) is 6.92. The van der Waals surface area contributed by atoms with Gasteiger partial charge in [0.25, 0.3) is 11.6 Å². The molecule has 0 N–H and O–H groups in total. The number of likely N-dealkylation sites (N-methyl/N-ethyl adjacent to an activating group) is 1. The number of rotatable bonds is 3. The fraction of sp³-hybridized carbons (Fsp3) is 0.250. The number of ether oxygens (including phenoxy) is 1. The van der Waals surface area contributed by atoms with Crippen LogP contribution in [-0.2, 0) is 33.7 Å². The second-order valence-corrected chi connectivity index (χ2v) is 7.99. The number of carbonyl (C=O) groups excluding carboxylic acids is 2. The number of hydrogen-bond donors (Lipinski definition) is 0. The van der Waals surface area contributed by atoms with Crippen molar-refractivity contribution >= 4 is 35.0 Å². The van der Waals surface area contributed by atoms with E-state index in [0.717, 1.165) is 11.3 Å². The van der Waals surface area contributed by atoms with E-state index in [-0.39, 0.29) is 24.2 Å². The van der Waals surface area contributed by atoms with Gasteiger partial charge in [-0.2, -0.15) is 0 Å². The van der Waals surface area contributed by atoms with Gasteiger partial charge < -0.3 is 9.64 Å². The molecule has 1 spiro atoms. The normalized spacial score (nSPS) is 19.9. The van der Waals surface area contributed by atoms with Crippen LogP contribution in [0.15, 0.2) is 53.7 Å². The minimum atomic E-state index is -1.53. The molecule has 2 aromatic carbocycles. The maximum atomic E-state index is 13.6. The SMILES string of the molecule is CN1C(=O)[C@@]2(OCc3ccccc3N2C(=O)CSc2nnnn2C)c2ccccc21. The first kappa shape index (κ1) is 18.8. The molecule has 30 heavy (non-hydrogen) atoms. The summed E-state index contributed by atoms with van der Waals surface area (Å²) in [6, 6.07) is 14.9. The van der Waals surface area contributed by atoms with E-state index in [0.29, 0.717) is 16.4 Å². The molecule has 0 radical (unpaired) electrons. The van der Waals surface area contributed by atoms with E-state index in [2.05, 4.69) is 15.5 Å². The average Bonchev–Trinajstić information content (AvgIpc) is 3.27. The highest BCUT2D eigenvalue weighted by molar-refractivity contribution is 7.99. The predicted molar refractivity (Wildman–Crippen MR) is 110 cm³/mol. The van der Waals surface area contributed by atoms with Crippen molar-refractivity contribution in [3.63, 3.8) is 0 Å². The Morgan fingerprint density at radius 3 is 2.63 bits per heavy atom. The third kappa shape index (κ3) is 2.57. The molecule has 1 atom stereocenters. The molecule has 3 heterocycles. The first-order chi connectivity index (χ1) is 14.5. The standard InChI is InChI=1S/C20H18N6O3S/c1-24-16-10-6-4-8-14(16)20(18(24)28)26(15-9-5-3-7-13(15)11-29-20)17(27)12-30-19-21-22-23-25(19)2/h3-10H,11-12H2,1-2H3/t20-/m0/s1. The van der Waals surface area contributed by atoms with E-state index in [1.165, 1.54) is 21.3 Å². The number of anilines is 2. The molecule has 1 aromatic heterocycles. The Bertz CT molecular complexity index is 1160. The predicted octanol–water partition coefficient (Wildman–Crippen LogP) is 1.69. The minimum Gasteiger partial charge on any atom is -0.338 e. The van der Waals surface area contributed by atoms with E-state index in [9.17, 15) is 9.59 Å². The number of carbonyl (C=O) groups is 2. The third-order valence-corrected chi connectivity index (χ3v) is 6.36. The number of amides is 2. The first-order valence-electron chi connectivity index (χ1n) is 9.32. The molecule has 2 amide bonds. The Morgan fingerprint density at radius 2 is 1.87 bits per heavy atom. The number of thioether (sulfide) groups is 1. The van der Waals surface area contributed by atoms with Gasteiger partial charge in [0.15, 0.2) is 0 Å². The van der Waals surface area contributed by atoms with Crippen LogP contribution in [0.1, 0.15) is 11.1 Å². The number of tetrazole rings is 1. The van der Waals surface area contributed by atoms with Crippen molar-refractivity contribution in [1.29, 1.82) is 0 Å². The summed E-state index contributed by atoms with van der Waals surface area (Å²) in [5, 5.41) is 11.8. The van der Waals surface area contributed by atoms with Crippen LogP contribution in [0, 0.1) is 0 Å². The summed E-state index contributed by atoms with van der Waals surface area (Å²) in [6.45, 7) is 0.230. The van der Waals surface area contributed by atoms with Gasteiger partial charge in [-0.1, -0.05) is 48.2 Å². The monoisotopic (exact) mass is 422 g/mol. The van der Waals surface area contributed by atoms with Gasteiger partial charge in [-0.25, -0.2) is 4.68 Å². The second-order valence-electron chi connectivity index (χ2n) is 7.05. The van der Waals surface area contributed by atoms with Crippen LogP contribution in [0.25, 0.3) is 0 Å². The lowest BCUT2D eigenvalue weighted by molar-refractivity contribution is -0.152. The van der Waals surface area contributed by atoms with E-state index < -0.39 is 5.72 Å². The lowest BCUT2D eigenvalue weighted by Crippen LogP contribution is -2.59. The van der Waals surface area contributed by atoms with Crippen LogP contribution in [0.2, 0.25) is 0 Å². The Balaban J connectivity index is 1.62. The van der Waals surface area contributed by atoms with Gasteiger partial charge in [0.1, 0.15) is 0 Å². The lowest BCUT2D eigenvalue weighted by atomic mass is 9.97. The number of nitrogens with zero attached hydrogens (tertiary/aromatic N) is 6. The summed E-state index contributed by atoms with van der Waals surface area (Å²) >= 11 is 1.21. The van der Waals surface area contributed by atoms with Crippen molar-refractivity contribution in [1.82, 2.24) is 20.2 Å². The van der Waals surface area contributed by atoms with E-state index in [1.54, 1.807) is 19.0 Å². The fourth-order valence-corrected chi connectivity index (χ4v) is 4.67. The summed E-state index contributed by atoms with van der Waals surface area (Å²) in [6.07, 6.45) is 0. The highest BCUT2D eigenvalue weighted by Gasteiger charge is 2.59. The van der Waals surface area contributed by atoms with Crippen LogP contribution in [0.4, 0.5) is 11.4 Å². The van der Waals surface area contributed by atoms with Crippen molar-refractivity contribution in [3.8, 4) is 0 Å². The highest BCUT2D eigenvalue weighted by Crippen LogP contribution is 2.49. The Kier molecular flexibility index (Phi) is 4.33. The first-order valence-corrected chi connectivity index (χ1v) is 10.3. The molecule has 2 aliphatic rings. The number of para-hydroxylation sites is 2. The lowest BCUT2D eigenvalue weighted by Gasteiger charge is -2.43. The van der Waals surface area contributed by atoms with Gasteiger partial charge in [0, 0.05) is 25.2 Å². The van der Waals surface area contributed by atoms with Gasteiger partial charge in [0.05, 0.1) is 23.7 Å². The van der Waals surface area contributed by atoms with Crippen molar-refractivity contribution in [2.75, 3.05) is 22.6 Å². The zero-order valence-electron chi connectivity index (χ0n) is 16.3. The van der Waals surface area contributed by atoms with Gasteiger partial charge in [-0.15, -0.1) is 5.10 Å². The largest absolute Gasteiger partial charge is 0.338 e. The highest BCUT2D eigenvalue weighted by atomic mass is 32.2. The topological polar surface area (TPSA) is 93.4 Å². The van der Waals surface area contributed by atoms with Crippen LogP contribution in [0.5, 0.6) is 0 Å². The average molecular weight is 422 g/mol. The quantitative estimate of drug-likeness (QED) is 0.593. The fourth-order valence-electron chi connectivity index (χ4n) is 3.97. The Hall–Kier alpha value is -3.24. The zero-order valence-corrected chi connectivity index (χ0v) is 17.2. The summed E-state index contributed by atoms with van der Waals surface area (Å²) in [7, 11) is 3.40. The van der Waals surface area contributed by atoms with Crippen LogP contribution < -0.4 is 9.80 Å². The molecule has 152 valence electrons. The number of aromatic nitrogens is 4. The smallest absolute Gasteiger partial charge is 0.285 e. The molecule has 0 saturated carbocycles. The zero-order chi connectivity index (χ0) is 20.9. The molecular formula is C20H18N6O3S. The molecule has 0 unspecified atom stereocenters. The number of hydrogen-bond acceptors (Lipinski definition) is 7. The van der Waals surface area contributed by atoms with Crippen molar-refractivity contribution in [2.24, 2.45) is 7.05 Å². The van der Waals surface area contributed by atoms with Crippen LogP contribution in [-0.4, -0.2) is 44.8 Å². The molecule has 5 rings (SSSR count). The van der Waals surface area contributed by atoms with Crippen LogP contribution in [0.3, 0.4) is 0 Å². The van der Waals surface area contributed by atoms with E-state index >= 15 is 0 Å². The summed E-state index contributed by atoms with van der Waals surface area (Å²) in [5.74, 6) is -0.516.